The van der Waals surface area contributed by atoms with E-state index < -0.39 is 0 Å². The molecule has 0 aliphatic carbocycles. The second-order valence-corrected chi connectivity index (χ2v) is 7.00. The van der Waals surface area contributed by atoms with Gasteiger partial charge in [-0.2, -0.15) is 0 Å². The van der Waals surface area contributed by atoms with Gasteiger partial charge in [-0.25, -0.2) is 0 Å². The van der Waals surface area contributed by atoms with Crippen molar-refractivity contribution in [3.05, 3.63) is 64.4 Å². The summed E-state index contributed by atoms with van der Waals surface area (Å²) in [6.45, 7) is 4.69. The number of hydrogen-bond donors (Lipinski definition) is 1. The van der Waals surface area contributed by atoms with Gasteiger partial charge in [-0.3, -0.25) is 4.79 Å². The molecule has 1 unspecified atom stereocenters. The van der Waals surface area contributed by atoms with Gasteiger partial charge in [-0.1, -0.05) is 35.0 Å². The molecular formula is C21H19ClN2O4. The summed E-state index contributed by atoms with van der Waals surface area (Å²) in [5, 5.41) is 7.68. The molecule has 4 rings (SSSR count). The summed E-state index contributed by atoms with van der Waals surface area (Å²) in [6, 6.07) is 12.5. The Labute approximate surface area is 167 Å². The summed E-state index contributed by atoms with van der Waals surface area (Å²) < 4.78 is 16.5. The summed E-state index contributed by atoms with van der Waals surface area (Å²) in [5.41, 5.74) is 2.57. The fraction of sp³-hybridized carbons (Fsp3) is 0.238. The minimum atomic E-state index is -0.258. The summed E-state index contributed by atoms with van der Waals surface area (Å²) in [5.74, 6) is 1.60. The Morgan fingerprint density at radius 2 is 1.82 bits per heavy atom. The highest BCUT2D eigenvalue weighted by molar-refractivity contribution is 6.30. The highest BCUT2D eigenvalue weighted by atomic mass is 35.5. The largest absolute Gasteiger partial charge is 0.486 e. The number of nitrogens with zero attached hydrogens (tertiary/aromatic N) is 1. The van der Waals surface area contributed by atoms with Gasteiger partial charge in [0.1, 0.15) is 30.2 Å². The molecule has 28 heavy (non-hydrogen) atoms. The third-order valence-electron chi connectivity index (χ3n) is 4.62. The zero-order valence-electron chi connectivity index (χ0n) is 15.5. The van der Waals surface area contributed by atoms with E-state index >= 15 is 0 Å². The summed E-state index contributed by atoms with van der Waals surface area (Å²) in [6.07, 6.45) is 0. The lowest BCUT2D eigenvalue weighted by Gasteiger charge is -2.21. The summed E-state index contributed by atoms with van der Waals surface area (Å²) >= 11 is 5.95. The Kier molecular flexibility index (Phi) is 4.96. The molecule has 2 aromatic carbocycles. The maximum absolute atomic E-state index is 13.0. The number of carbonyl (C=O) groups excluding carboxylic acids is 1. The van der Waals surface area contributed by atoms with Crippen LogP contribution in [0.3, 0.4) is 0 Å². The van der Waals surface area contributed by atoms with Gasteiger partial charge in [-0.05, 0) is 43.7 Å². The van der Waals surface area contributed by atoms with Crippen LogP contribution in [-0.2, 0) is 0 Å². The van der Waals surface area contributed by atoms with Crippen LogP contribution in [0, 0.1) is 6.92 Å². The number of amides is 1. The third-order valence-corrected chi connectivity index (χ3v) is 4.87. The first-order valence-corrected chi connectivity index (χ1v) is 9.33. The van der Waals surface area contributed by atoms with Gasteiger partial charge in [0.15, 0.2) is 11.5 Å². The number of carbonyl (C=O) groups is 1. The lowest BCUT2D eigenvalue weighted by atomic mass is 10.0. The molecule has 1 aliphatic rings. The molecule has 0 spiro atoms. The monoisotopic (exact) mass is 398 g/mol. The van der Waals surface area contributed by atoms with Gasteiger partial charge in [0.05, 0.1) is 6.04 Å². The zero-order chi connectivity index (χ0) is 19.7. The molecule has 1 N–H and O–H groups in total. The van der Waals surface area contributed by atoms with Gasteiger partial charge in [0.25, 0.3) is 5.91 Å². The number of halogens is 1. The van der Waals surface area contributed by atoms with Crippen LogP contribution in [0.4, 0.5) is 0 Å². The third kappa shape index (κ3) is 3.55. The zero-order valence-corrected chi connectivity index (χ0v) is 16.2. The van der Waals surface area contributed by atoms with Gasteiger partial charge in [-0.15, -0.1) is 0 Å². The number of rotatable bonds is 4. The van der Waals surface area contributed by atoms with Crippen LogP contribution in [-0.4, -0.2) is 24.3 Å². The second-order valence-electron chi connectivity index (χ2n) is 6.57. The minimum absolute atomic E-state index is 0.240. The van der Waals surface area contributed by atoms with Crippen LogP contribution >= 0.6 is 11.6 Å². The number of aromatic nitrogens is 1. The maximum Gasteiger partial charge on any atom is 0.257 e. The van der Waals surface area contributed by atoms with Gasteiger partial charge in [0.2, 0.25) is 0 Å². The van der Waals surface area contributed by atoms with E-state index in [9.17, 15) is 4.79 Å². The Bertz CT molecular complexity index is 1010. The highest BCUT2D eigenvalue weighted by Crippen LogP contribution is 2.33. The molecule has 1 amide bonds. The van der Waals surface area contributed by atoms with E-state index in [1.54, 1.807) is 31.2 Å². The molecule has 1 aliphatic heterocycles. The Morgan fingerprint density at radius 1 is 1.11 bits per heavy atom. The van der Waals surface area contributed by atoms with Crippen molar-refractivity contribution in [2.75, 3.05) is 13.2 Å². The molecule has 0 saturated heterocycles. The molecule has 0 fully saturated rings. The van der Waals surface area contributed by atoms with Crippen molar-refractivity contribution in [2.24, 2.45) is 0 Å². The lowest BCUT2D eigenvalue weighted by Crippen LogP contribution is -2.27. The van der Waals surface area contributed by atoms with Crippen LogP contribution in [0.5, 0.6) is 11.5 Å². The molecule has 0 bridgehead atoms. The van der Waals surface area contributed by atoms with Crippen molar-refractivity contribution in [3.63, 3.8) is 0 Å². The van der Waals surface area contributed by atoms with Crippen LogP contribution in [0.25, 0.3) is 11.3 Å². The molecule has 0 radical (unpaired) electrons. The molecule has 1 atom stereocenters. The topological polar surface area (TPSA) is 73.6 Å². The molecular weight excluding hydrogens is 380 g/mol. The normalized spacial score (nSPS) is 13.8. The predicted molar refractivity (Wildman–Crippen MR) is 105 cm³/mol. The minimum Gasteiger partial charge on any atom is -0.486 e. The van der Waals surface area contributed by atoms with Gasteiger partial charge < -0.3 is 19.3 Å². The van der Waals surface area contributed by atoms with Crippen molar-refractivity contribution in [1.82, 2.24) is 10.5 Å². The SMILES string of the molecule is Cc1onc(-c2ccc(Cl)cc2)c1C(=O)NC(C)c1ccc2c(c1)OCCO2. The van der Waals surface area contributed by atoms with Crippen molar-refractivity contribution in [1.29, 1.82) is 0 Å². The van der Waals surface area contributed by atoms with E-state index in [4.69, 9.17) is 25.6 Å². The standard InChI is InChI=1S/C21H19ClN2O4/c1-12(15-5-8-17-18(11-15)27-10-9-26-17)23-21(25)19-13(2)28-24-20(19)14-3-6-16(22)7-4-14/h3-8,11-12H,9-10H2,1-2H3,(H,23,25). The lowest BCUT2D eigenvalue weighted by molar-refractivity contribution is 0.0938. The average Bonchev–Trinajstić information content (AvgIpc) is 3.09. The van der Waals surface area contributed by atoms with E-state index in [0.29, 0.717) is 46.8 Å². The van der Waals surface area contributed by atoms with Crippen molar-refractivity contribution in [2.45, 2.75) is 19.9 Å². The molecule has 1 aromatic heterocycles. The van der Waals surface area contributed by atoms with Crippen molar-refractivity contribution in [3.8, 4) is 22.8 Å². The van der Waals surface area contributed by atoms with Crippen LogP contribution < -0.4 is 14.8 Å². The summed E-state index contributed by atoms with van der Waals surface area (Å²) in [4.78, 5) is 13.0. The van der Waals surface area contributed by atoms with Crippen molar-refractivity contribution < 1.29 is 18.8 Å². The first kappa shape index (κ1) is 18.4. The fourth-order valence-corrected chi connectivity index (χ4v) is 3.25. The molecule has 0 saturated carbocycles. The molecule has 6 nitrogen and oxygen atoms in total. The number of aryl methyl sites for hydroxylation is 1. The maximum atomic E-state index is 13.0. The fourth-order valence-electron chi connectivity index (χ4n) is 3.13. The molecule has 7 heteroatoms. The van der Waals surface area contributed by atoms with E-state index in [0.717, 1.165) is 11.1 Å². The summed E-state index contributed by atoms with van der Waals surface area (Å²) in [7, 11) is 0. The smallest absolute Gasteiger partial charge is 0.257 e. The number of nitrogens with one attached hydrogen (secondary N) is 1. The molecule has 3 aromatic rings. The number of ether oxygens (including phenoxy) is 2. The quantitative estimate of drug-likeness (QED) is 0.697. The highest BCUT2D eigenvalue weighted by Gasteiger charge is 2.24. The number of benzene rings is 2. The van der Waals surface area contributed by atoms with Crippen LogP contribution in [0.15, 0.2) is 47.0 Å². The first-order valence-electron chi connectivity index (χ1n) is 8.95. The van der Waals surface area contributed by atoms with Crippen molar-refractivity contribution >= 4 is 17.5 Å². The van der Waals surface area contributed by atoms with E-state index in [1.807, 2.05) is 25.1 Å². The number of hydrogen-bond acceptors (Lipinski definition) is 5. The van der Waals surface area contributed by atoms with Gasteiger partial charge in [0, 0.05) is 10.6 Å². The van der Waals surface area contributed by atoms with E-state index in [2.05, 4.69) is 10.5 Å². The van der Waals surface area contributed by atoms with E-state index in [1.165, 1.54) is 0 Å². The Balaban J connectivity index is 1.57. The Hall–Kier alpha value is -2.99. The molecule has 144 valence electrons. The van der Waals surface area contributed by atoms with E-state index in [-0.39, 0.29) is 11.9 Å². The average molecular weight is 399 g/mol. The molecule has 2 heterocycles. The predicted octanol–water partition coefficient (Wildman–Crippen LogP) is 4.57. The second kappa shape index (κ2) is 7.56. The first-order chi connectivity index (χ1) is 13.5. The number of fused-ring (bicyclic) bond motifs is 1. The van der Waals surface area contributed by atoms with Crippen LogP contribution in [0.1, 0.15) is 34.6 Å². The van der Waals surface area contributed by atoms with Gasteiger partial charge >= 0.3 is 0 Å². The van der Waals surface area contributed by atoms with Crippen LogP contribution in [0.2, 0.25) is 5.02 Å². The Morgan fingerprint density at radius 3 is 2.57 bits per heavy atom.